The lowest BCUT2D eigenvalue weighted by Crippen LogP contribution is -2.18. The maximum atomic E-state index is 12.8. The standard InChI is InChI=1S/C27H26N2O4/c1-5-10-22-14-19(15-25(32-7-3)26(22)33-13-6-2)18-28-29-27(30)23-16-20-11-8-9-12-21(20)17-24(23)31-4/h2,5,8-9,11-12,14-18H,1,7,10,13H2,3-4H3,(H,29,30)/b28-18-. The highest BCUT2D eigenvalue weighted by atomic mass is 16.5. The Morgan fingerprint density at radius 1 is 1.15 bits per heavy atom. The van der Waals surface area contributed by atoms with E-state index in [9.17, 15) is 4.79 Å². The van der Waals surface area contributed by atoms with E-state index in [-0.39, 0.29) is 12.5 Å². The molecule has 6 heteroatoms. The quantitative estimate of drug-likeness (QED) is 0.213. The van der Waals surface area contributed by atoms with Crippen molar-refractivity contribution in [2.24, 2.45) is 5.10 Å². The summed E-state index contributed by atoms with van der Waals surface area (Å²) < 4.78 is 16.8. The van der Waals surface area contributed by atoms with Crippen LogP contribution in [0.1, 0.15) is 28.4 Å². The number of amides is 1. The number of fused-ring (bicyclic) bond motifs is 1. The molecule has 0 aliphatic heterocycles. The molecule has 0 fully saturated rings. The molecule has 3 aromatic rings. The van der Waals surface area contributed by atoms with Crippen LogP contribution in [0.4, 0.5) is 0 Å². The lowest BCUT2D eigenvalue weighted by Gasteiger charge is -2.15. The van der Waals surface area contributed by atoms with E-state index in [1.165, 1.54) is 7.11 Å². The zero-order chi connectivity index (χ0) is 23.6. The summed E-state index contributed by atoms with van der Waals surface area (Å²) in [7, 11) is 1.53. The van der Waals surface area contributed by atoms with Gasteiger partial charge in [0.25, 0.3) is 5.91 Å². The number of allylic oxidation sites excluding steroid dienone is 1. The van der Waals surface area contributed by atoms with Gasteiger partial charge in [0.05, 0.1) is 25.5 Å². The minimum atomic E-state index is -0.376. The molecule has 0 aliphatic rings. The van der Waals surface area contributed by atoms with Crippen LogP contribution in [0.5, 0.6) is 17.2 Å². The van der Waals surface area contributed by atoms with E-state index >= 15 is 0 Å². The highest BCUT2D eigenvalue weighted by molar-refractivity contribution is 6.02. The molecule has 0 heterocycles. The molecular formula is C27H26N2O4. The van der Waals surface area contributed by atoms with Crippen LogP contribution in [0.25, 0.3) is 10.8 Å². The number of nitrogens with one attached hydrogen (secondary N) is 1. The predicted octanol–water partition coefficient (Wildman–Crippen LogP) is 4.75. The molecule has 168 valence electrons. The normalized spacial score (nSPS) is 10.6. The van der Waals surface area contributed by atoms with E-state index < -0.39 is 0 Å². The molecule has 1 amide bonds. The van der Waals surface area contributed by atoms with Gasteiger partial charge in [-0.25, -0.2) is 5.43 Å². The SMILES string of the molecule is C#CCOc1c(CC=C)cc(/C=N\NC(=O)c2cc3ccccc3cc2OC)cc1OCC. The highest BCUT2D eigenvalue weighted by Crippen LogP contribution is 2.33. The van der Waals surface area contributed by atoms with Gasteiger partial charge >= 0.3 is 0 Å². The highest BCUT2D eigenvalue weighted by Gasteiger charge is 2.14. The van der Waals surface area contributed by atoms with Gasteiger partial charge in [0, 0.05) is 5.56 Å². The number of hydrogen-bond donors (Lipinski definition) is 1. The summed E-state index contributed by atoms with van der Waals surface area (Å²) in [4.78, 5) is 12.8. The van der Waals surface area contributed by atoms with Gasteiger partial charge in [-0.1, -0.05) is 36.3 Å². The second-order valence-corrected chi connectivity index (χ2v) is 7.02. The number of hydrazone groups is 1. The number of rotatable bonds is 10. The first-order chi connectivity index (χ1) is 16.1. The van der Waals surface area contributed by atoms with Crippen molar-refractivity contribution in [3.63, 3.8) is 0 Å². The van der Waals surface area contributed by atoms with Crippen LogP contribution in [0.15, 0.2) is 66.3 Å². The Hall–Kier alpha value is -4.24. The lowest BCUT2D eigenvalue weighted by atomic mass is 10.1. The fourth-order valence-electron chi connectivity index (χ4n) is 3.40. The molecule has 0 aromatic heterocycles. The van der Waals surface area contributed by atoms with E-state index in [2.05, 4.69) is 23.0 Å². The molecule has 0 saturated heterocycles. The summed E-state index contributed by atoms with van der Waals surface area (Å²) in [6, 6.07) is 15.1. The Labute approximate surface area is 193 Å². The number of hydrogen-bond acceptors (Lipinski definition) is 5. The van der Waals surface area contributed by atoms with Crippen molar-refractivity contribution >= 4 is 22.9 Å². The fraction of sp³-hybridized carbons (Fsp3) is 0.185. The third-order valence-corrected chi connectivity index (χ3v) is 4.81. The lowest BCUT2D eigenvalue weighted by molar-refractivity contribution is 0.0952. The van der Waals surface area contributed by atoms with Crippen molar-refractivity contribution in [1.29, 1.82) is 0 Å². The van der Waals surface area contributed by atoms with Crippen molar-refractivity contribution in [2.45, 2.75) is 13.3 Å². The largest absolute Gasteiger partial charge is 0.496 e. The first-order valence-corrected chi connectivity index (χ1v) is 10.5. The van der Waals surface area contributed by atoms with E-state index in [4.69, 9.17) is 20.6 Å². The van der Waals surface area contributed by atoms with Crippen molar-refractivity contribution in [3.05, 3.63) is 77.9 Å². The Balaban J connectivity index is 1.86. The summed E-state index contributed by atoms with van der Waals surface area (Å²) in [5.41, 5.74) is 4.55. The van der Waals surface area contributed by atoms with Crippen LogP contribution in [0, 0.1) is 12.3 Å². The molecule has 0 aliphatic carbocycles. The minimum Gasteiger partial charge on any atom is -0.496 e. The van der Waals surface area contributed by atoms with Crippen molar-refractivity contribution in [1.82, 2.24) is 5.43 Å². The molecule has 0 spiro atoms. The molecule has 1 N–H and O–H groups in total. The molecule has 0 saturated carbocycles. The number of methoxy groups -OCH3 is 1. The Morgan fingerprint density at radius 2 is 1.91 bits per heavy atom. The number of benzene rings is 3. The van der Waals surface area contributed by atoms with Gasteiger partial charge in [-0.15, -0.1) is 13.0 Å². The van der Waals surface area contributed by atoms with Gasteiger partial charge in [-0.05, 0) is 53.9 Å². The summed E-state index contributed by atoms with van der Waals surface area (Å²) in [6.45, 7) is 6.27. The van der Waals surface area contributed by atoms with Gasteiger partial charge < -0.3 is 14.2 Å². The minimum absolute atomic E-state index is 0.126. The van der Waals surface area contributed by atoms with Gasteiger partial charge in [-0.2, -0.15) is 5.10 Å². The Kier molecular flexibility index (Phi) is 8.09. The Bertz CT molecular complexity index is 1220. The van der Waals surface area contributed by atoms with E-state index in [0.717, 1.165) is 21.9 Å². The van der Waals surface area contributed by atoms with E-state index in [0.29, 0.717) is 35.8 Å². The topological polar surface area (TPSA) is 69.2 Å². The predicted molar refractivity (Wildman–Crippen MR) is 131 cm³/mol. The van der Waals surface area contributed by atoms with Crippen molar-refractivity contribution in [2.75, 3.05) is 20.3 Å². The molecule has 3 aromatic carbocycles. The van der Waals surface area contributed by atoms with E-state index in [1.807, 2.05) is 43.3 Å². The van der Waals surface area contributed by atoms with Gasteiger partial charge in [0.1, 0.15) is 12.4 Å². The van der Waals surface area contributed by atoms with Crippen LogP contribution >= 0.6 is 0 Å². The third-order valence-electron chi connectivity index (χ3n) is 4.81. The van der Waals surface area contributed by atoms with Gasteiger partial charge in [-0.3, -0.25) is 4.79 Å². The second-order valence-electron chi connectivity index (χ2n) is 7.02. The van der Waals surface area contributed by atoms with Crippen molar-refractivity contribution in [3.8, 4) is 29.6 Å². The number of terminal acetylenes is 1. The number of carbonyl (C=O) groups is 1. The number of carbonyl (C=O) groups excluding carboxylic acids is 1. The summed E-state index contributed by atoms with van der Waals surface area (Å²) in [5, 5.41) is 6.05. The third kappa shape index (κ3) is 5.72. The fourth-order valence-corrected chi connectivity index (χ4v) is 3.40. The molecule has 0 atom stereocenters. The average molecular weight is 443 g/mol. The van der Waals surface area contributed by atoms with E-state index in [1.54, 1.807) is 24.4 Å². The Morgan fingerprint density at radius 3 is 2.58 bits per heavy atom. The first-order valence-electron chi connectivity index (χ1n) is 10.5. The molecule has 6 nitrogen and oxygen atoms in total. The molecule has 0 radical (unpaired) electrons. The average Bonchev–Trinajstić information content (AvgIpc) is 2.83. The molecule has 0 unspecified atom stereocenters. The van der Waals surface area contributed by atoms with Crippen LogP contribution in [0.2, 0.25) is 0 Å². The van der Waals surface area contributed by atoms with Crippen LogP contribution in [-0.4, -0.2) is 32.4 Å². The number of nitrogens with zero attached hydrogens (tertiary/aromatic N) is 1. The maximum absolute atomic E-state index is 12.8. The van der Waals surface area contributed by atoms with Crippen LogP contribution in [0.3, 0.4) is 0 Å². The second kappa shape index (κ2) is 11.4. The number of ether oxygens (including phenoxy) is 3. The van der Waals surface area contributed by atoms with Gasteiger partial charge in [0.2, 0.25) is 0 Å². The molecular weight excluding hydrogens is 416 g/mol. The monoisotopic (exact) mass is 442 g/mol. The molecule has 0 bridgehead atoms. The van der Waals surface area contributed by atoms with Crippen LogP contribution < -0.4 is 19.6 Å². The first kappa shape index (κ1) is 23.4. The zero-order valence-corrected chi connectivity index (χ0v) is 18.8. The van der Waals surface area contributed by atoms with Crippen molar-refractivity contribution < 1.29 is 19.0 Å². The summed E-state index contributed by atoms with van der Waals surface area (Å²) in [6.07, 6.45) is 9.21. The molecule has 3 rings (SSSR count). The zero-order valence-electron chi connectivity index (χ0n) is 18.8. The maximum Gasteiger partial charge on any atom is 0.275 e. The molecule has 33 heavy (non-hydrogen) atoms. The smallest absolute Gasteiger partial charge is 0.275 e. The summed E-state index contributed by atoms with van der Waals surface area (Å²) >= 11 is 0. The van der Waals surface area contributed by atoms with Crippen LogP contribution in [-0.2, 0) is 6.42 Å². The summed E-state index contributed by atoms with van der Waals surface area (Å²) in [5.74, 6) is 3.70. The van der Waals surface area contributed by atoms with Gasteiger partial charge in [0.15, 0.2) is 11.5 Å².